The van der Waals surface area contributed by atoms with Crippen molar-refractivity contribution < 1.29 is 27.5 Å². The summed E-state index contributed by atoms with van der Waals surface area (Å²) in [6, 6.07) is 23.4. The number of nitrogens with zero attached hydrogens (tertiary/aromatic N) is 3. The number of aromatic nitrogens is 4. The second-order valence-corrected chi connectivity index (χ2v) is 13.3. The van der Waals surface area contributed by atoms with Gasteiger partial charge in [0.05, 0.1) is 28.7 Å². The van der Waals surface area contributed by atoms with Crippen molar-refractivity contribution in [1.29, 1.82) is 0 Å². The number of pyridine rings is 1. The molecule has 0 saturated heterocycles. The van der Waals surface area contributed by atoms with Gasteiger partial charge in [-0.25, -0.2) is 24.1 Å². The highest BCUT2D eigenvalue weighted by Gasteiger charge is 2.28. The van der Waals surface area contributed by atoms with Crippen molar-refractivity contribution in [3.8, 4) is 11.4 Å². The number of nitrogens with one attached hydrogen (secondary N) is 2. The molecule has 3 heterocycles. The summed E-state index contributed by atoms with van der Waals surface area (Å²) >= 11 is 0. The van der Waals surface area contributed by atoms with Crippen molar-refractivity contribution in [2.24, 2.45) is 0 Å². The molecule has 0 bridgehead atoms. The summed E-state index contributed by atoms with van der Waals surface area (Å²) in [4.78, 5) is 26.9. The molecular weight excluding hydrogens is 682 g/mol. The van der Waals surface area contributed by atoms with Crippen LogP contribution in [-0.2, 0) is 6.42 Å². The molecule has 11 heteroatoms. The molecule has 0 radical (unpaired) electrons. The lowest BCUT2D eigenvalue weighted by atomic mass is 10.0. The number of rotatable bonds is 12. The Morgan fingerprint density at radius 3 is 2.30 bits per heavy atom. The molecule has 7 aromatic rings. The van der Waals surface area contributed by atoms with Gasteiger partial charge in [0.15, 0.2) is 5.82 Å². The van der Waals surface area contributed by atoms with Gasteiger partial charge in [-0.15, -0.1) is 0 Å². The van der Waals surface area contributed by atoms with E-state index >= 15 is 0 Å². The highest BCUT2D eigenvalue weighted by Crippen LogP contribution is 2.34. The number of anilines is 1. The van der Waals surface area contributed by atoms with Gasteiger partial charge in [-0.05, 0) is 72.8 Å². The van der Waals surface area contributed by atoms with Crippen LogP contribution in [0.25, 0.3) is 55.0 Å². The van der Waals surface area contributed by atoms with Crippen LogP contribution in [0.1, 0.15) is 73.5 Å². The molecule has 274 valence electrons. The van der Waals surface area contributed by atoms with Crippen LogP contribution in [0.2, 0.25) is 0 Å². The molecule has 0 saturated carbocycles. The summed E-state index contributed by atoms with van der Waals surface area (Å²) in [5.41, 5.74) is 5.30. The van der Waals surface area contributed by atoms with Crippen LogP contribution in [0.4, 0.5) is 23.2 Å². The maximum Gasteiger partial charge on any atom is 0.393 e. The Morgan fingerprint density at radius 2 is 1.57 bits per heavy atom. The molecule has 53 heavy (non-hydrogen) atoms. The molecule has 0 spiro atoms. The highest BCUT2D eigenvalue weighted by molar-refractivity contribution is 6.13. The third-order valence-electron chi connectivity index (χ3n) is 9.20. The zero-order valence-corrected chi connectivity index (χ0v) is 29.7. The van der Waals surface area contributed by atoms with E-state index in [4.69, 9.17) is 10.1 Å². The number of aromatic carboxylic acids is 1. The number of alkyl halides is 3. The fourth-order valence-corrected chi connectivity index (χ4v) is 6.57. The van der Waals surface area contributed by atoms with E-state index in [-0.39, 0.29) is 16.9 Å². The molecule has 7 rings (SSSR count). The van der Waals surface area contributed by atoms with Gasteiger partial charge in [-0.3, -0.25) is 0 Å². The maximum atomic E-state index is 13.2. The SMILES string of the molecule is CCCCCCCCCNc1cc(CC(F)(F)F)cc2[nH]c3cc4nc5ccccc5c4cc3cc12.Cc1nc(-c2cccc(F)c2)ncc1C(=O)O. The Morgan fingerprint density at radius 1 is 0.811 bits per heavy atom. The average molecular weight is 724 g/mol. The van der Waals surface area contributed by atoms with E-state index in [0.717, 1.165) is 63.2 Å². The number of halogens is 4. The van der Waals surface area contributed by atoms with Crippen molar-refractivity contribution >= 4 is 55.3 Å². The number of carboxylic acids is 1. The first-order valence-corrected chi connectivity index (χ1v) is 17.9. The summed E-state index contributed by atoms with van der Waals surface area (Å²) < 4.78 is 52.7. The minimum Gasteiger partial charge on any atom is -0.478 e. The highest BCUT2D eigenvalue weighted by atomic mass is 19.4. The van der Waals surface area contributed by atoms with Crippen LogP contribution in [0.3, 0.4) is 0 Å². The quantitative estimate of drug-likeness (QED) is 0.0659. The molecule has 0 aliphatic rings. The van der Waals surface area contributed by atoms with Crippen molar-refractivity contribution in [3.05, 3.63) is 108 Å². The summed E-state index contributed by atoms with van der Waals surface area (Å²) in [6.07, 6.45) is 4.39. The Labute approximate surface area is 304 Å². The molecule has 4 aromatic carbocycles. The first-order valence-electron chi connectivity index (χ1n) is 17.9. The second-order valence-electron chi connectivity index (χ2n) is 13.3. The Kier molecular flexibility index (Phi) is 11.5. The van der Waals surface area contributed by atoms with Gasteiger partial charge >= 0.3 is 12.1 Å². The van der Waals surface area contributed by atoms with Gasteiger partial charge in [0, 0.05) is 51.2 Å². The average Bonchev–Trinajstić information content (AvgIpc) is 3.47. The molecule has 0 unspecified atom stereocenters. The van der Waals surface area contributed by atoms with Gasteiger partial charge < -0.3 is 15.4 Å². The Balaban J connectivity index is 0.000000236. The summed E-state index contributed by atoms with van der Waals surface area (Å²) in [6.45, 7) is 4.53. The van der Waals surface area contributed by atoms with Crippen LogP contribution in [-0.4, -0.2) is 43.7 Å². The largest absolute Gasteiger partial charge is 0.478 e. The maximum absolute atomic E-state index is 13.2. The van der Waals surface area contributed by atoms with E-state index in [2.05, 4.69) is 45.4 Å². The minimum absolute atomic E-state index is 0.0464. The first-order chi connectivity index (χ1) is 25.5. The van der Waals surface area contributed by atoms with Crippen molar-refractivity contribution in [2.75, 3.05) is 11.9 Å². The number of unbranched alkanes of at least 4 members (excludes halogenated alkanes) is 6. The first kappa shape index (κ1) is 37.2. The Bertz CT molecular complexity index is 2390. The minimum atomic E-state index is -4.26. The van der Waals surface area contributed by atoms with Crippen LogP contribution in [0.5, 0.6) is 0 Å². The summed E-state index contributed by atoms with van der Waals surface area (Å²) in [7, 11) is 0. The molecule has 0 atom stereocenters. The normalized spacial score (nSPS) is 11.7. The van der Waals surface area contributed by atoms with Crippen molar-refractivity contribution in [1.82, 2.24) is 19.9 Å². The smallest absolute Gasteiger partial charge is 0.393 e. The fourth-order valence-electron chi connectivity index (χ4n) is 6.57. The number of fused-ring (bicyclic) bond motifs is 5. The van der Waals surface area contributed by atoms with E-state index < -0.39 is 18.6 Å². The molecule has 7 nitrogen and oxygen atoms in total. The van der Waals surface area contributed by atoms with E-state index in [1.807, 2.05) is 24.3 Å². The number of hydrogen-bond acceptors (Lipinski definition) is 5. The van der Waals surface area contributed by atoms with E-state index in [1.165, 1.54) is 50.4 Å². The second kappa shape index (κ2) is 16.4. The van der Waals surface area contributed by atoms with Crippen molar-refractivity contribution in [2.45, 2.75) is 71.4 Å². The molecule has 3 aromatic heterocycles. The monoisotopic (exact) mass is 723 g/mol. The topological polar surface area (TPSA) is 104 Å². The number of H-pyrrole nitrogens is 1. The van der Waals surface area contributed by atoms with Crippen molar-refractivity contribution in [3.63, 3.8) is 0 Å². The van der Waals surface area contributed by atoms with Crippen LogP contribution >= 0.6 is 0 Å². The lowest BCUT2D eigenvalue weighted by molar-refractivity contribution is -0.127. The lowest BCUT2D eigenvalue weighted by Crippen LogP contribution is -2.12. The Hall–Kier alpha value is -5.58. The summed E-state index contributed by atoms with van der Waals surface area (Å²) in [5.74, 6) is -1.15. The standard InChI is InChI=1S/C30H32F3N3.C12H9FN2O2/c1-2-3-4-5-6-7-10-13-34-27-14-20(19-30(31,32)33)15-28-24(27)17-21-16-23-22-11-8-9-12-25(22)35-29(23)18-26(21)36-28;1-7-10(12(16)17)6-14-11(15-7)8-3-2-4-9(13)5-8/h8-9,11-12,14-18,34,36H,2-7,10,13,19H2,1H3;2-6H,1H3,(H,16,17). The molecular formula is C42H41F4N5O2. The van der Waals surface area contributed by atoms with Gasteiger partial charge in [-0.2, -0.15) is 13.2 Å². The third-order valence-corrected chi connectivity index (χ3v) is 9.20. The lowest BCUT2D eigenvalue weighted by Gasteiger charge is -2.15. The van der Waals surface area contributed by atoms with Crippen LogP contribution < -0.4 is 5.32 Å². The van der Waals surface area contributed by atoms with Gasteiger partial charge in [-0.1, -0.05) is 75.8 Å². The number of para-hydroxylation sites is 1. The zero-order chi connectivity index (χ0) is 37.5. The fraction of sp³-hybridized carbons (Fsp3) is 0.286. The van der Waals surface area contributed by atoms with Gasteiger partial charge in [0.1, 0.15) is 5.82 Å². The third kappa shape index (κ3) is 9.27. The summed E-state index contributed by atoms with van der Waals surface area (Å²) in [5, 5.41) is 16.4. The molecule has 0 aliphatic heterocycles. The number of carboxylic acid groups (broad SMARTS) is 1. The predicted octanol–water partition coefficient (Wildman–Crippen LogP) is 11.6. The predicted molar refractivity (Wildman–Crippen MR) is 204 cm³/mol. The molecule has 3 N–H and O–H groups in total. The van der Waals surface area contributed by atoms with Crippen LogP contribution in [0, 0.1) is 12.7 Å². The van der Waals surface area contributed by atoms with Crippen LogP contribution in [0.15, 0.2) is 85.1 Å². The number of aryl methyl sites for hydroxylation is 1. The number of aromatic amines is 1. The number of hydrogen-bond donors (Lipinski definition) is 3. The molecule has 0 fully saturated rings. The number of carbonyl (C=O) groups is 1. The van der Waals surface area contributed by atoms with E-state index in [1.54, 1.807) is 31.2 Å². The molecule has 0 amide bonds. The molecule has 0 aliphatic carbocycles. The van der Waals surface area contributed by atoms with Gasteiger partial charge in [0.25, 0.3) is 0 Å². The zero-order valence-electron chi connectivity index (χ0n) is 29.7. The van der Waals surface area contributed by atoms with Gasteiger partial charge in [0.2, 0.25) is 0 Å². The number of benzene rings is 4. The van der Waals surface area contributed by atoms with E-state index in [9.17, 15) is 22.4 Å². The van der Waals surface area contributed by atoms with E-state index in [0.29, 0.717) is 22.6 Å².